The van der Waals surface area contributed by atoms with Crippen molar-refractivity contribution in [2.45, 2.75) is 6.92 Å². The molecule has 3 rings (SSSR count). The summed E-state index contributed by atoms with van der Waals surface area (Å²) in [5.74, 6) is 0.739. The minimum absolute atomic E-state index is 0.0762. The Bertz CT molecular complexity index is 771. The standard InChI is InChI=1S/C14H10BrN3O2/c1-8-3-2-6-16-12(8)13-17-14(20-18-13)10-5-4-9(15)7-11(10)19/h2-7,19H,1H3. The number of hydrogen-bond acceptors (Lipinski definition) is 5. The molecule has 6 heteroatoms. The molecule has 0 bridgehead atoms. The van der Waals surface area contributed by atoms with E-state index in [0.717, 1.165) is 10.0 Å². The molecular formula is C14H10BrN3O2. The van der Waals surface area contributed by atoms with Crippen LogP contribution in [-0.2, 0) is 0 Å². The molecule has 0 fully saturated rings. The van der Waals surface area contributed by atoms with E-state index in [-0.39, 0.29) is 11.6 Å². The Kier molecular flexibility index (Phi) is 3.23. The van der Waals surface area contributed by atoms with Crippen LogP contribution in [-0.4, -0.2) is 20.2 Å². The second kappa shape index (κ2) is 5.05. The summed E-state index contributed by atoms with van der Waals surface area (Å²) in [4.78, 5) is 8.52. The molecule has 0 aliphatic heterocycles. The summed E-state index contributed by atoms with van der Waals surface area (Å²) in [5.41, 5.74) is 2.11. The van der Waals surface area contributed by atoms with Gasteiger partial charge in [-0.25, -0.2) is 0 Å². The quantitative estimate of drug-likeness (QED) is 0.777. The number of halogens is 1. The molecule has 20 heavy (non-hydrogen) atoms. The van der Waals surface area contributed by atoms with E-state index in [2.05, 4.69) is 31.1 Å². The van der Waals surface area contributed by atoms with Crippen LogP contribution in [0.2, 0.25) is 0 Å². The summed E-state index contributed by atoms with van der Waals surface area (Å²) in [6, 6.07) is 8.86. The topological polar surface area (TPSA) is 72.0 Å². The normalized spacial score (nSPS) is 10.7. The molecule has 2 aromatic heterocycles. The molecule has 1 N–H and O–H groups in total. The number of pyridine rings is 1. The number of aromatic hydroxyl groups is 1. The Labute approximate surface area is 123 Å². The third-order valence-corrected chi connectivity index (χ3v) is 3.33. The van der Waals surface area contributed by atoms with E-state index in [1.807, 2.05) is 19.1 Å². The van der Waals surface area contributed by atoms with Gasteiger partial charge in [-0.2, -0.15) is 4.98 Å². The predicted octanol–water partition coefficient (Wildman–Crippen LogP) is 3.58. The number of rotatable bonds is 2. The third kappa shape index (κ3) is 2.30. The van der Waals surface area contributed by atoms with Crippen molar-refractivity contribution < 1.29 is 9.63 Å². The molecule has 2 heterocycles. The maximum absolute atomic E-state index is 9.91. The van der Waals surface area contributed by atoms with Gasteiger partial charge in [0.25, 0.3) is 5.89 Å². The molecule has 0 saturated carbocycles. The molecule has 0 unspecified atom stereocenters. The van der Waals surface area contributed by atoms with Crippen LogP contribution >= 0.6 is 15.9 Å². The van der Waals surface area contributed by atoms with Gasteiger partial charge in [0.1, 0.15) is 11.4 Å². The lowest BCUT2D eigenvalue weighted by Crippen LogP contribution is -1.89. The van der Waals surface area contributed by atoms with Crippen molar-refractivity contribution in [3.05, 3.63) is 46.6 Å². The summed E-state index contributed by atoms with van der Waals surface area (Å²) >= 11 is 3.28. The number of aromatic nitrogens is 3. The monoisotopic (exact) mass is 331 g/mol. The summed E-state index contributed by atoms with van der Waals surface area (Å²) < 4.78 is 5.98. The minimum atomic E-state index is 0.0762. The van der Waals surface area contributed by atoms with Crippen molar-refractivity contribution in [1.82, 2.24) is 15.1 Å². The first kappa shape index (κ1) is 12.8. The first-order chi connectivity index (χ1) is 9.65. The zero-order valence-electron chi connectivity index (χ0n) is 10.5. The van der Waals surface area contributed by atoms with Gasteiger partial charge in [0.15, 0.2) is 0 Å². The fourth-order valence-electron chi connectivity index (χ4n) is 1.83. The van der Waals surface area contributed by atoms with Crippen molar-refractivity contribution in [2.75, 3.05) is 0 Å². The van der Waals surface area contributed by atoms with Gasteiger partial charge in [-0.15, -0.1) is 0 Å². The number of phenolic OH excluding ortho intramolecular Hbond substituents is 1. The van der Waals surface area contributed by atoms with E-state index in [0.29, 0.717) is 17.1 Å². The fraction of sp³-hybridized carbons (Fsp3) is 0.0714. The van der Waals surface area contributed by atoms with Crippen LogP contribution < -0.4 is 0 Å². The molecule has 0 radical (unpaired) electrons. The van der Waals surface area contributed by atoms with Gasteiger partial charge >= 0.3 is 0 Å². The van der Waals surface area contributed by atoms with Crippen molar-refractivity contribution in [3.8, 4) is 28.7 Å². The molecular weight excluding hydrogens is 322 g/mol. The lowest BCUT2D eigenvalue weighted by molar-refractivity contribution is 0.425. The molecule has 0 spiro atoms. The fourth-order valence-corrected chi connectivity index (χ4v) is 2.18. The van der Waals surface area contributed by atoms with E-state index >= 15 is 0 Å². The second-order valence-electron chi connectivity index (χ2n) is 4.25. The van der Waals surface area contributed by atoms with E-state index in [9.17, 15) is 5.11 Å². The highest BCUT2D eigenvalue weighted by molar-refractivity contribution is 9.10. The number of aryl methyl sites for hydroxylation is 1. The van der Waals surface area contributed by atoms with Gasteiger partial charge in [-0.1, -0.05) is 27.2 Å². The van der Waals surface area contributed by atoms with E-state index in [4.69, 9.17) is 4.52 Å². The molecule has 0 aliphatic rings. The average Bonchev–Trinajstić information content (AvgIpc) is 2.88. The molecule has 100 valence electrons. The number of phenols is 1. The van der Waals surface area contributed by atoms with Crippen LogP contribution in [0.25, 0.3) is 23.0 Å². The molecule has 1 aromatic carbocycles. The Morgan fingerprint density at radius 3 is 2.85 bits per heavy atom. The highest BCUT2D eigenvalue weighted by Crippen LogP contribution is 2.31. The Morgan fingerprint density at radius 1 is 1.25 bits per heavy atom. The van der Waals surface area contributed by atoms with Crippen LogP contribution in [0.3, 0.4) is 0 Å². The van der Waals surface area contributed by atoms with Gasteiger partial charge in [-0.05, 0) is 36.8 Å². The highest BCUT2D eigenvalue weighted by Gasteiger charge is 2.15. The van der Waals surface area contributed by atoms with Crippen LogP contribution in [0, 0.1) is 6.92 Å². The first-order valence-electron chi connectivity index (χ1n) is 5.90. The number of benzene rings is 1. The van der Waals surface area contributed by atoms with Gasteiger partial charge in [0.2, 0.25) is 5.82 Å². The van der Waals surface area contributed by atoms with Gasteiger partial charge < -0.3 is 9.63 Å². The Hall–Kier alpha value is -2.21. The molecule has 0 atom stereocenters. The molecule has 3 aromatic rings. The smallest absolute Gasteiger partial charge is 0.262 e. The lowest BCUT2D eigenvalue weighted by Gasteiger charge is -1.99. The van der Waals surface area contributed by atoms with Gasteiger partial charge in [0.05, 0.1) is 5.56 Å². The average molecular weight is 332 g/mol. The van der Waals surface area contributed by atoms with Gasteiger partial charge in [-0.3, -0.25) is 4.98 Å². The zero-order chi connectivity index (χ0) is 14.1. The summed E-state index contributed by atoms with van der Waals surface area (Å²) in [6.07, 6.45) is 1.68. The second-order valence-corrected chi connectivity index (χ2v) is 5.17. The molecule has 0 aliphatic carbocycles. The third-order valence-electron chi connectivity index (χ3n) is 2.84. The van der Waals surface area contributed by atoms with E-state index < -0.39 is 0 Å². The van der Waals surface area contributed by atoms with Crippen molar-refractivity contribution in [1.29, 1.82) is 0 Å². The number of hydrogen-bond donors (Lipinski definition) is 1. The molecule has 5 nitrogen and oxygen atoms in total. The van der Waals surface area contributed by atoms with Gasteiger partial charge in [0, 0.05) is 10.7 Å². The van der Waals surface area contributed by atoms with Crippen LogP contribution in [0.15, 0.2) is 45.5 Å². The SMILES string of the molecule is Cc1cccnc1-c1noc(-c2ccc(Br)cc2O)n1. The van der Waals surface area contributed by atoms with E-state index in [1.165, 1.54) is 0 Å². The lowest BCUT2D eigenvalue weighted by atomic mass is 10.2. The Morgan fingerprint density at radius 2 is 2.10 bits per heavy atom. The van der Waals surface area contributed by atoms with Crippen LogP contribution in [0.4, 0.5) is 0 Å². The zero-order valence-corrected chi connectivity index (χ0v) is 12.1. The van der Waals surface area contributed by atoms with Crippen LogP contribution in [0.1, 0.15) is 5.56 Å². The highest BCUT2D eigenvalue weighted by atomic mass is 79.9. The summed E-state index contributed by atoms with van der Waals surface area (Å²) in [7, 11) is 0. The molecule has 0 saturated heterocycles. The van der Waals surface area contributed by atoms with Crippen molar-refractivity contribution in [2.24, 2.45) is 0 Å². The van der Waals surface area contributed by atoms with Crippen molar-refractivity contribution >= 4 is 15.9 Å². The maximum Gasteiger partial charge on any atom is 0.262 e. The predicted molar refractivity (Wildman–Crippen MR) is 77.1 cm³/mol. The summed E-state index contributed by atoms with van der Waals surface area (Å²) in [6.45, 7) is 1.93. The number of nitrogens with zero attached hydrogens (tertiary/aromatic N) is 3. The van der Waals surface area contributed by atoms with E-state index in [1.54, 1.807) is 24.4 Å². The Balaban J connectivity index is 2.04. The first-order valence-corrected chi connectivity index (χ1v) is 6.69. The van der Waals surface area contributed by atoms with Crippen LogP contribution in [0.5, 0.6) is 5.75 Å². The summed E-state index contributed by atoms with van der Waals surface area (Å²) in [5, 5.41) is 13.8. The largest absolute Gasteiger partial charge is 0.507 e. The molecule has 0 amide bonds. The minimum Gasteiger partial charge on any atom is -0.507 e. The maximum atomic E-state index is 9.91. The van der Waals surface area contributed by atoms with Crippen molar-refractivity contribution in [3.63, 3.8) is 0 Å².